The molecule has 0 atom stereocenters. The van der Waals surface area contributed by atoms with Crippen LogP contribution in [-0.4, -0.2) is 34.2 Å². The van der Waals surface area contributed by atoms with Gasteiger partial charge < -0.3 is 14.9 Å². The summed E-state index contributed by atoms with van der Waals surface area (Å²) in [6, 6.07) is 7.24. The molecule has 2 aromatic rings. The first kappa shape index (κ1) is 15.7. The maximum Gasteiger partial charge on any atom is 0.198 e. The highest BCUT2D eigenvalue weighted by atomic mass is 16.5. The van der Waals surface area contributed by atoms with Gasteiger partial charge in [0.25, 0.3) is 0 Å². The van der Waals surface area contributed by atoms with E-state index in [1.54, 1.807) is 19.1 Å². The Labute approximate surface area is 137 Å². The summed E-state index contributed by atoms with van der Waals surface area (Å²) >= 11 is 0. The molecule has 0 saturated heterocycles. The first-order valence-electron chi connectivity index (χ1n) is 7.37. The first-order valence-corrected chi connectivity index (χ1v) is 7.37. The van der Waals surface area contributed by atoms with Gasteiger partial charge in [0.1, 0.15) is 12.4 Å². The molecule has 2 aromatic carbocycles. The van der Waals surface area contributed by atoms with E-state index in [0.717, 1.165) is 6.07 Å². The maximum absolute atomic E-state index is 12.7. The average Bonchev–Trinajstić information content (AvgIpc) is 2.59. The Hall–Kier alpha value is -3.15. The van der Waals surface area contributed by atoms with Crippen molar-refractivity contribution in [3.05, 3.63) is 52.6 Å². The van der Waals surface area contributed by atoms with Gasteiger partial charge in [0, 0.05) is 23.6 Å². The van der Waals surface area contributed by atoms with E-state index in [-0.39, 0.29) is 46.8 Å². The van der Waals surface area contributed by atoms with Gasteiger partial charge in [0.2, 0.25) is 0 Å². The highest BCUT2D eigenvalue weighted by molar-refractivity contribution is 6.30. The van der Waals surface area contributed by atoms with E-state index >= 15 is 0 Å². The minimum atomic E-state index is -0.674. The van der Waals surface area contributed by atoms with Gasteiger partial charge in [0.05, 0.1) is 11.1 Å². The van der Waals surface area contributed by atoms with Crippen LogP contribution in [0, 0.1) is 0 Å². The molecule has 6 heteroatoms. The molecule has 0 spiro atoms. The van der Waals surface area contributed by atoms with Gasteiger partial charge in [-0.15, -0.1) is 0 Å². The van der Waals surface area contributed by atoms with Crippen molar-refractivity contribution < 1.29 is 29.3 Å². The Bertz CT molecular complexity index is 881. The van der Waals surface area contributed by atoms with Crippen molar-refractivity contribution in [2.75, 3.05) is 6.61 Å². The Balaban J connectivity index is 2.19. The van der Waals surface area contributed by atoms with Gasteiger partial charge in [-0.05, 0) is 0 Å². The average molecular weight is 326 g/mol. The number of benzene rings is 2. The molecule has 0 unspecified atom stereocenters. The second-order valence-electron chi connectivity index (χ2n) is 5.38. The van der Waals surface area contributed by atoms with Gasteiger partial charge in [-0.25, -0.2) is 0 Å². The van der Waals surface area contributed by atoms with E-state index in [1.165, 1.54) is 12.1 Å². The number of hydrogen-bond donors (Lipinski definition) is 2. The second kappa shape index (κ2) is 5.81. The summed E-state index contributed by atoms with van der Waals surface area (Å²) in [7, 11) is 0. The summed E-state index contributed by atoms with van der Waals surface area (Å²) in [5.41, 5.74) is -0.117. The number of carbonyl (C=O) groups excluding carboxylic acids is 3. The molecule has 6 nitrogen and oxygen atoms in total. The predicted molar refractivity (Wildman–Crippen MR) is 83.9 cm³/mol. The molecule has 0 fully saturated rings. The van der Waals surface area contributed by atoms with Crippen LogP contribution in [0.2, 0.25) is 0 Å². The number of ketones is 3. The van der Waals surface area contributed by atoms with Crippen LogP contribution < -0.4 is 4.74 Å². The summed E-state index contributed by atoms with van der Waals surface area (Å²) in [6.45, 7) is 1.37. The zero-order valence-electron chi connectivity index (χ0n) is 12.8. The van der Waals surface area contributed by atoms with Crippen molar-refractivity contribution in [2.45, 2.75) is 13.3 Å². The van der Waals surface area contributed by atoms with Crippen LogP contribution in [0.5, 0.6) is 17.2 Å². The van der Waals surface area contributed by atoms with E-state index in [2.05, 4.69) is 0 Å². The van der Waals surface area contributed by atoms with Crippen molar-refractivity contribution in [1.82, 2.24) is 0 Å². The molecule has 1 aliphatic rings. The van der Waals surface area contributed by atoms with Gasteiger partial charge in [0.15, 0.2) is 28.8 Å². The zero-order chi connectivity index (χ0) is 17.4. The quantitative estimate of drug-likeness (QED) is 0.713. The van der Waals surface area contributed by atoms with Gasteiger partial charge in [-0.2, -0.15) is 0 Å². The number of phenols is 2. The second-order valence-corrected chi connectivity index (χ2v) is 5.38. The van der Waals surface area contributed by atoms with Crippen LogP contribution >= 0.6 is 0 Å². The lowest BCUT2D eigenvalue weighted by molar-refractivity contribution is -0.120. The molecule has 0 aromatic heterocycles. The van der Waals surface area contributed by atoms with Gasteiger partial charge in [-0.3, -0.25) is 14.4 Å². The maximum atomic E-state index is 12.7. The third-order valence-corrected chi connectivity index (χ3v) is 3.90. The Morgan fingerprint density at radius 3 is 2.21 bits per heavy atom. The number of aromatic hydroxyl groups is 2. The van der Waals surface area contributed by atoms with Crippen molar-refractivity contribution in [1.29, 1.82) is 0 Å². The van der Waals surface area contributed by atoms with Crippen LogP contribution in [0.4, 0.5) is 0 Å². The smallest absolute Gasteiger partial charge is 0.198 e. The molecule has 3 rings (SSSR count). The lowest BCUT2D eigenvalue weighted by atomic mass is 9.83. The number of rotatable bonds is 4. The number of phenolic OH excluding ortho intramolecular Hbond substituents is 2. The van der Waals surface area contributed by atoms with Crippen molar-refractivity contribution in [2.24, 2.45) is 0 Å². The van der Waals surface area contributed by atoms with Crippen LogP contribution in [0.1, 0.15) is 45.2 Å². The lowest BCUT2D eigenvalue weighted by Gasteiger charge is -2.21. The van der Waals surface area contributed by atoms with Crippen LogP contribution in [0.15, 0.2) is 30.3 Å². The molecule has 122 valence electrons. The van der Waals surface area contributed by atoms with Crippen molar-refractivity contribution >= 4 is 17.3 Å². The minimum absolute atomic E-state index is 0.102. The molecular formula is C18H14O6. The normalized spacial score (nSPS) is 12.5. The Morgan fingerprint density at radius 2 is 1.62 bits per heavy atom. The summed E-state index contributed by atoms with van der Waals surface area (Å²) in [5.74, 6) is -2.66. The highest BCUT2D eigenvalue weighted by Crippen LogP contribution is 2.43. The molecule has 0 amide bonds. The fourth-order valence-corrected chi connectivity index (χ4v) is 2.60. The van der Waals surface area contributed by atoms with Crippen LogP contribution in [-0.2, 0) is 4.79 Å². The van der Waals surface area contributed by atoms with Crippen molar-refractivity contribution in [3.63, 3.8) is 0 Å². The summed E-state index contributed by atoms with van der Waals surface area (Å²) in [4.78, 5) is 36.8. The van der Waals surface area contributed by atoms with Crippen LogP contribution in [0.3, 0.4) is 0 Å². The molecule has 2 N–H and O–H groups in total. The molecule has 1 aliphatic carbocycles. The Kier molecular flexibility index (Phi) is 3.81. The number of hydrogen-bond acceptors (Lipinski definition) is 6. The van der Waals surface area contributed by atoms with Gasteiger partial charge >= 0.3 is 0 Å². The number of carbonyl (C=O) groups is 3. The standard InChI is InChI=1S/C18H14O6/c1-2-9(19)8-24-13-7-12(20)18(23)15-14(13)16(21)10-5-3-4-6-11(10)17(15)22/h3-7,20,23H,2,8H2,1H3. The molecule has 0 bridgehead atoms. The summed E-state index contributed by atoms with van der Waals surface area (Å²) in [6.07, 6.45) is 0.252. The predicted octanol–water partition coefficient (Wildman–Crippen LogP) is 2.23. The SMILES string of the molecule is CCC(=O)COc1cc(O)c(O)c2c1C(=O)c1ccccc1C2=O. The van der Waals surface area contributed by atoms with Gasteiger partial charge in [-0.1, -0.05) is 31.2 Å². The fraction of sp³-hybridized carbons (Fsp3) is 0.167. The largest absolute Gasteiger partial charge is 0.504 e. The van der Waals surface area contributed by atoms with Crippen molar-refractivity contribution in [3.8, 4) is 17.2 Å². The fourth-order valence-electron chi connectivity index (χ4n) is 2.60. The van der Waals surface area contributed by atoms with Crippen LogP contribution in [0.25, 0.3) is 0 Å². The monoisotopic (exact) mass is 326 g/mol. The number of ether oxygens (including phenoxy) is 1. The lowest BCUT2D eigenvalue weighted by Crippen LogP contribution is -2.23. The molecule has 0 radical (unpaired) electrons. The molecular weight excluding hydrogens is 312 g/mol. The topological polar surface area (TPSA) is 101 Å². The Morgan fingerprint density at radius 1 is 1.04 bits per heavy atom. The van der Waals surface area contributed by atoms with E-state index in [0.29, 0.717) is 0 Å². The number of Topliss-reactive ketones (excluding diaryl/α,β-unsaturated/α-hetero) is 1. The molecule has 0 aliphatic heterocycles. The van der Waals surface area contributed by atoms with E-state index in [1.807, 2.05) is 0 Å². The third-order valence-electron chi connectivity index (χ3n) is 3.90. The highest BCUT2D eigenvalue weighted by Gasteiger charge is 2.36. The molecule has 24 heavy (non-hydrogen) atoms. The zero-order valence-corrected chi connectivity index (χ0v) is 12.8. The summed E-state index contributed by atoms with van der Waals surface area (Å²) in [5, 5.41) is 19.9. The molecule has 0 saturated carbocycles. The van der Waals surface area contributed by atoms with E-state index in [9.17, 15) is 24.6 Å². The summed E-state index contributed by atoms with van der Waals surface area (Å²) < 4.78 is 5.33. The first-order chi connectivity index (χ1) is 11.5. The van der Waals surface area contributed by atoms with E-state index < -0.39 is 23.1 Å². The minimum Gasteiger partial charge on any atom is -0.504 e. The molecule has 0 heterocycles. The number of fused-ring (bicyclic) bond motifs is 2. The van der Waals surface area contributed by atoms with E-state index in [4.69, 9.17) is 4.74 Å². The third kappa shape index (κ3) is 2.32.